The Morgan fingerprint density at radius 1 is 2.00 bits per heavy atom. The molecule has 0 aromatic rings. The normalized spacial score (nSPS) is 8.12. The summed E-state index contributed by atoms with van der Waals surface area (Å²) in [6.07, 6.45) is 1.60. The highest BCUT2D eigenvalue weighted by Gasteiger charge is 1.87. The average Bonchev–Trinajstić information content (AvgIpc) is 1.66. The van der Waals surface area contributed by atoms with Gasteiger partial charge in [0.25, 0.3) is 0 Å². The van der Waals surface area contributed by atoms with Gasteiger partial charge in [-0.25, -0.2) is 5.43 Å². The molecule has 0 fully saturated rings. The van der Waals surface area contributed by atoms with Crippen molar-refractivity contribution in [2.45, 2.75) is 0 Å². The van der Waals surface area contributed by atoms with E-state index in [4.69, 9.17) is 0 Å². The molecule has 0 saturated carbocycles. The molecule has 0 aliphatic heterocycles. The van der Waals surface area contributed by atoms with Gasteiger partial charge in [-0.2, -0.15) is 5.43 Å². The zero-order valence-electron chi connectivity index (χ0n) is 4.29. The van der Waals surface area contributed by atoms with E-state index < -0.39 is 5.24 Å². The lowest BCUT2D eigenvalue weighted by Gasteiger charge is -1.92. The minimum Gasteiger partial charge on any atom is -0.258 e. The largest absolute Gasteiger partial charge is 0.313 e. The van der Waals surface area contributed by atoms with Crippen LogP contribution in [0.25, 0.3) is 0 Å². The van der Waals surface area contributed by atoms with E-state index in [0.717, 1.165) is 0 Å². The van der Waals surface area contributed by atoms with Crippen LogP contribution in [-0.4, -0.2) is 11.8 Å². The monoisotopic (exact) mass is 131 g/mol. The fraction of sp³-hybridized carbons (Fsp3) is 0.250. The Labute approximate surface area is 53.5 Å². The lowest BCUT2D eigenvalue weighted by molar-refractivity contribution is 0.257. The van der Waals surface area contributed by atoms with Crippen LogP contribution in [0, 0.1) is 0 Å². The molecule has 4 heteroatoms. The fourth-order valence-electron chi connectivity index (χ4n) is 0.178. The van der Waals surface area contributed by atoms with Gasteiger partial charge in [0.1, 0.15) is 0 Å². The zero-order chi connectivity index (χ0) is 6.41. The first-order valence-corrected chi connectivity index (χ1v) is 2.49. The van der Waals surface area contributed by atoms with E-state index in [0.29, 0.717) is 6.54 Å². The molecule has 45 valence electrons. The summed E-state index contributed by atoms with van der Waals surface area (Å²) in [5, 5.41) is -0.521. The number of carbonyl (C=O) groups is 1. The van der Waals surface area contributed by atoms with Gasteiger partial charge in [-0.1, -0.05) is 18.7 Å². The molecular weight excluding hydrogens is 124 g/mol. The molecule has 3 nitrogen and oxygen atoms in total. The Balaban J connectivity index is 2.93. The van der Waals surface area contributed by atoms with Crippen molar-refractivity contribution in [3.8, 4) is 0 Å². The van der Waals surface area contributed by atoms with Crippen molar-refractivity contribution >= 4 is 17.9 Å². The number of hydrogen-bond donors (Lipinski definition) is 2. The van der Waals surface area contributed by atoms with Gasteiger partial charge in [0.15, 0.2) is 0 Å². The maximum absolute atomic E-state index is 9.92. The number of hydrogen-bond acceptors (Lipinski definition) is 2. The predicted molar refractivity (Wildman–Crippen MR) is 34.7 cm³/mol. The van der Waals surface area contributed by atoms with Crippen molar-refractivity contribution < 1.29 is 4.79 Å². The maximum atomic E-state index is 9.92. The molecule has 1 radical (unpaired) electrons. The molecular formula is C4H7N2OS. The molecule has 0 unspecified atom stereocenters. The molecule has 1 amide bonds. The quantitative estimate of drug-likeness (QED) is 0.251. The molecule has 0 saturated heterocycles. The van der Waals surface area contributed by atoms with E-state index in [2.05, 4.69) is 30.1 Å². The zero-order valence-corrected chi connectivity index (χ0v) is 5.19. The van der Waals surface area contributed by atoms with Gasteiger partial charge in [-0.15, -0.1) is 6.58 Å². The summed E-state index contributed by atoms with van der Waals surface area (Å²) in [5.41, 5.74) is 5.63. The minimum absolute atomic E-state index is 0.492. The van der Waals surface area contributed by atoms with Gasteiger partial charge in [0.2, 0.25) is 0 Å². The minimum atomic E-state index is -0.521. The molecule has 0 aliphatic rings. The van der Waals surface area contributed by atoms with E-state index in [1.165, 1.54) is 0 Å². The Kier molecular flexibility index (Phi) is 4.39. The molecule has 0 bridgehead atoms. The third-order valence-electron chi connectivity index (χ3n) is 0.410. The van der Waals surface area contributed by atoms with Crippen LogP contribution in [-0.2, 0) is 0 Å². The molecule has 0 aliphatic carbocycles. The number of thiol groups is 1. The van der Waals surface area contributed by atoms with Crippen LogP contribution in [0.3, 0.4) is 0 Å². The maximum Gasteiger partial charge on any atom is 0.313 e. The standard InChI is InChI=1S/C4H7N2OS/c1-2-3-5-6-4(7)8/h2,5H,1,3H2,(H,7,8). The highest BCUT2D eigenvalue weighted by atomic mass is 32.1. The second-order valence-corrected chi connectivity index (χ2v) is 1.43. The molecule has 0 spiro atoms. The van der Waals surface area contributed by atoms with Crippen molar-refractivity contribution in [1.29, 1.82) is 0 Å². The smallest absolute Gasteiger partial charge is 0.258 e. The summed E-state index contributed by atoms with van der Waals surface area (Å²) in [4.78, 5) is 9.92. The number of rotatable bonds is 3. The van der Waals surface area contributed by atoms with E-state index in [-0.39, 0.29) is 0 Å². The van der Waals surface area contributed by atoms with E-state index in [1.54, 1.807) is 6.08 Å². The van der Waals surface area contributed by atoms with Crippen LogP contribution in [0.5, 0.6) is 0 Å². The molecule has 0 atom stereocenters. The molecule has 0 rings (SSSR count). The molecule has 1 N–H and O–H groups in total. The van der Waals surface area contributed by atoms with Crippen molar-refractivity contribution in [2.24, 2.45) is 0 Å². The van der Waals surface area contributed by atoms with Gasteiger partial charge in [0, 0.05) is 6.54 Å². The van der Waals surface area contributed by atoms with Gasteiger partial charge >= 0.3 is 5.24 Å². The Morgan fingerprint density at radius 3 is 3.00 bits per heavy atom. The summed E-state index contributed by atoms with van der Waals surface area (Å²) in [7, 11) is 0. The number of nitrogens with zero attached hydrogens (tertiary/aromatic N) is 1. The first-order valence-electron chi connectivity index (χ1n) is 2.04. The van der Waals surface area contributed by atoms with Crippen LogP contribution in [0.2, 0.25) is 0 Å². The van der Waals surface area contributed by atoms with Gasteiger partial charge in [-0.3, -0.25) is 4.79 Å². The number of carbonyl (C=O) groups excluding carboxylic acids is 1. The summed E-state index contributed by atoms with van der Waals surface area (Å²) in [6.45, 7) is 3.89. The molecule has 0 heterocycles. The van der Waals surface area contributed by atoms with Crippen LogP contribution < -0.4 is 10.9 Å². The first-order chi connectivity index (χ1) is 3.77. The lowest BCUT2D eigenvalue weighted by atomic mass is 10.7. The summed E-state index contributed by atoms with van der Waals surface area (Å²) in [5.74, 6) is 0. The third-order valence-corrected chi connectivity index (χ3v) is 0.510. The first kappa shape index (κ1) is 7.52. The van der Waals surface area contributed by atoms with Crippen molar-refractivity contribution in [3.63, 3.8) is 0 Å². The SMILES string of the molecule is C=CCN[N]C(=O)S. The second kappa shape index (κ2) is 4.67. The van der Waals surface area contributed by atoms with Crippen molar-refractivity contribution in [3.05, 3.63) is 12.7 Å². The topological polar surface area (TPSA) is 43.2 Å². The Morgan fingerprint density at radius 2 is 2.62 bits per heavy atom. The van der Waals surface area contributed by atoms with Crippen molar-refractivity contribution in [2.75, 3.05) is 6.54 Å². The van der Waals surface area contributed by atoms with Gasteiger partial charge in [0.05, 0.1) is 0 Å². The van der Waals surface area contributed by atoms with E-state index in [1.807, 2.05) is 0 Å². The molecule has 8 heavy (non-hydrogen) atoms. The lowest BCUT2D eigenvalue weighted by Crippen LogP contribution is -2.26. The second-order valence-electron chi connectivity index (χ2n) is 1.05. The van der Waals surface area contributed by atoms with Crippen LogP contribution in [0.4, 0.5) is 4.79 Å². The predicted octanol–water partition coefficient (Wildman–Crippen LogP) is 0.331. The highest BCUT2D eigenvalue weighted by Crippen LogP contribution is 1.72. The summed E-state index contributed by atoms with van der Waals surface area (Å²) < 4.78 is 0. The van der Waals surface area contributed by atoms with Crippen molar-refractivity contribution in [1.82, 2.24) is 10.9 Å². The number of nitrogens with one attached hydrogen (secondary N) is 1. The summed E-state index contributed by atoms with van der Waals surface area (Å²) >= 11 is 3.37. The van der Waals surface area contributed by atoms with Crippen LogP contribution in [0.15, 0.2) is 12.7 Å². The Bertz CT molecular complexity index is 94.0. The highest BCUT2D eigenvalue weighted by molar-refractivity contribution is 7.96. The van der Waals surface area contributed by atoms with Gasteiger partial charge < -0.3 is 0 Å². The van der Waals surface area contributed by atoms with E-state index >= 15 is 0 Å². The summed E-state index contributed by atoms with van der Waals surface area (Å²) in [6, 6.07) is 0. The Hall–Kier alpha value is -0.480. The fourth-order valence-corrected chi connectivity index (χ4v) is 0.249. The van der Waals surface area contributed by atoms with Crippen LogP contribution in [0.1, 0.15) is 0 Å². The number of amides is 1. The third kappa shape index (κ3) is 5.52. The molecule has 0 aromatic heterocycles. The van der Waals surface area contributed by atoms with E-state index in [9.17, 15) is 4.79 Å². The molecule has 0 aromatic carbocycles. The van der Waals surface area contributed by atoms with Crippen LogP contribution >= 0.6 is 12.6 Å². The van der Waals surface area contributed by atoms with Gasteiger partial charge in [-0.05, 0) is 0 Å². The average molecular weight is 131 g/mol.